The number of hydrogen-bond acceptors (Lipinski definition) is 17. The molecule has 3 rings (SSSR count). The van der Waals surface area contributed by atoms with E-state index in [1.165, 1.54) is 7.11 Å². The Morgan fingerprint density at radius 3 is 2.26 bits per heavy atom. The van der Waals surface area contributed by atoms with E-state index in [2.05, 4.69) is 0 Å². The zero-order valence-electron chi connectivity index (χ0n) is 38.8. The van der Waals surface area contributed by atoms with Gasteiger partial charge in [0, 0.05) is 45.8 Å². The number of rotatable bonds is 16. The van der Waals surface area contributed by atoms with Crippen LogP contribution in [0.2, 0.25) is 0 Å². The first-order valence-electron chi connectivity index (χ1n) is 22.1. The van der Waals surface area contributed by atoms with Crippen molar-refractivity contribution in [2.24, 2.45) is 11.8 Å². The van der Waals surface area contributed by atoms with Crippen molar-refractivity contribution in [3.05, 3.63) is 24.3 Å². The highest BCUT2D eigenvalue weighted by Gasteiger charge is 2.53. The summed E-state index contributed by atoms with van der Waals surface area (Å²) in [5.74, 6) is -2.62. The molecular weight excluding hydrogens is 810 g/mol. The summed E-state index contributed by atoms with van der Waals surface area (Å²) in [5, 5.41) is 23.6. The number of methoxy groups -OCH3 is 1. The van der Waals surface area contributed by atoms with Gasteiger partial charge in [0.15, 0.2) is 25.0 Å². The average Bonchev–Trinajstić information content (AvgIpc) is 3.19. The number of nitrogens with zero attached hydrogens (tertiary/aromatic N) is 1. The third kappa shape index (κ3) is 15.4. The Kier molecular flexibility index (Phi) is 22.1. The zero-order valence-corrected chi connectivity index (χ0v) is 38.8. The minimum atomic E-state index is -1.49. The second kappa shape index (κ2) is 25.6. The van der Waals surface area contributed by atoms with Crippen molar-refractivity contribution >= 4 is 24.2 Å². The lowest BCUT2D eigenvalue weighted by molar-refractivity contribution is -0.344. The van der Waals surface area contributed by atoms with Gasteiger partial charge in [0.25, 0.3) is 0 Å². The van der Waals surface area contributed by atoms with Gasteiger partial charge in [-0.25, -0.2) is 0 Å². The topological polar surface area (TPSA) is 204 Å². The average molecular weight is 886 g/mol. The predicted molar refractivity (Wildman–Crippen MR) is 225 cm³/mol. The second-order valence-corrected chi connectivity index (χ2v) is 17.1. The molecule has 0 amide bonds. The van der Waals surface area contributed by atoms with E-state index in [1.807, 2.05) is 45.1 Å². The first-order chi connectivity index (χ1) is 29.3. The maximum absolute atomic E-state index is 13.5. The van der Waals surface area contributed by atoms with Crippen LogP contribution in [0.5, 0.6) is 0 Å². The summed E-state index contributed by atoms with van der Waals surface area (Å²) in [6.07, 6.45) is -3.38. The van der Waals surface area contributed by atoms with E-state index in [0.29, 0.717) is 19.4 Å². The van der Waals surface area contributed by atoms with Crippen LogP contribution in [0.1, 0.15) is 107 Å². The Bertz CT molecular complexity index is 1460. The molecule has 17 atom stereocenters. The SMILES string of the molecule is CCOC(C)O[C@H]1/C=C/C=C/C[C@@H](C)OC(=O)CC(OC(=O)CC)[C@H](OC)[C@@H](O[C@@H]2O[C@H](C)[C@@H](O[C@H]3C[C@@](C)(O)[C@@H](OC(=O)CC)[C@H](C)O3)[C@H](N(C)C)[C@H]2O)[C@@H](CC=O)C[C@H]1C. The highest BCUT2D eigenvalue weighted by atomic mass is 16.7. The van der Waals surface area contributed by atoms with Crippen molar-refractivity contribution in [1.29, 1.82) is 0 Å². The van der Waals surface area contributed by atoms with Crippen LogP contribution in [0, 0.1) is 11.8 Å². The smallest absolute Gasteiger partial charge is 0.309 e. The van der Waals surface area contributed by atoms with E-state index >= 15 is 0 Å². The Labute approximate surface area is 368 Å². The number of carbonyl (C=O) groups excluding carboxylic acids is 4. The van der Waals surface area contributed by atoms with Gasteiger partial charge in [0.05, 0.1) is 36.9 Å². The molecule has 0 bridgehead atoms. The Morgan fingerprint density at radius 1 is 0.984 bits per heavy atom. The Morgan fingerprint density at radius 2 is 1.66 bits per heavy atom. The molecule has 0 aliphatic carbocycles. The lowest BCUT2D eigenvalue weighted by Gasteiger charge is -2.50. The van der Waals surface area contributed by atoms with Crippen molar-refractivity contribution in [3.63, 3.8) is 0 Å². The first-order valence-corrected chi connectivity index (χ1v) is 22.1. The number of allylic oxidation sites excluding steroid dienone is 2. The van der Waals surface area contributed by atoms with Gasteiger partial charge in [0.2, 0.25) is 0 Å². The fraction of sp³-hybridized carbons (Fsp3) is 0.822. The molecule has 356 valence electrons. The molecule has 3 aliphatic heterocycles. The lowest BCUT2D eigenvalue weighted by Crippen LogP contribution is -2.66. The van der Waals surface area contributed by atoms with Gasteiger partial charge in [-0.3, -0.25) is 14.4 Å². The van der Waals surface area contributed by atoms with Crippen molar-refractivity contribution in [1.82, 2.24) is 4.90 Å². The van der Waals surface area contributed by atoms with Crippen LogP contribution in [-0.2, 0) is 66.5 Å². The third-order valence-electron chi connectivity index (χ3n) is 11.6. The van der Waals surface area contributed by atoms with Crippen molar-refractivity contribution < 1.29 is 76.8 Å². The summed E-state index contributed by atoms with van der Waals surface area (Å²) in [6, 6.07) is -0.778. The van der Waals surface area contributed by atoms with E-state index < -0.39 is 115 Å². The summed E-state index contributed by atoms with van der Waals surface area (Å²) in [4.78, 5) is 52.9. The Balaban J connectivity index is 2.08. The highest BCUT2D eigenvalue weighted by molar-refractivity contribution is 5.72. The lowest BCUT2D eigenvalue weighted by atomic mass is 9.82. The van der Waals surface area contributed by atoms with Gasteiger partial charge in [-0.05, 0) is 73.9 Å². The monoisotopic (exact) mass is 886 g/mol. The van der Waals surface area contributed by atoms with E-state index in [0.717, 1.165) is 6.29 Å². The summed E-state index contributed by atoms with van der Waals surface area (Å²) in [7, 11) is 4.92. The predicted octanol–water partition coefficient (Wildman–Crippen LogP) is 4.17. The molecule has 0 spiro atoms. The standard InChI is InChI=1S/C45H75NO16/c1-13-34(48)59-33-24-36(50)55-27(5)19-17-16-18-20-32(58-30(8)54-15-3)26(4)23-31(21-22-47)41(42(33)53-12)62-44-39(51)38(46(10)11)40(28(6)57-44)61-37-25-45(9,52)43(29(7)56-37)60-35(49)14-2/h16-18,20,22,26-33,37-44,51-52H,13-15,19,21,23-25H2,1-12H3/b17-16+,20-18+/t26-,27-,28-,29+,30?,31+,32+,33?,37+,38-,39-,40-,41+,42+,43+,44+,45-/m1/s1. The maximum Gasteiger partial charge on any atom is 0.309 e. The number of aldehydes is 1. The van der Waals surface area contributed by atoms with Gasteiger partial charge < -0.3 is 67.3 Å². The molecule has 17 heteroatoms. The molecule has 0 saturated carbocycles. The van der Waals surface area contributed by atoms with E-state index in [4.69, 9.17) is 47.4 Å². The van der Waals surface area contributed by atoms with E-state index in [9.17, 15) is 29.4 Å². The molecule has 3 heterocycles. The molecular formula is C45H75NO16. The van der Waals surface area contributed by atoms with Crippen LogP contribution in [0.15, 0.2) is 24.3 Å². The molecule has 2 N–H and O–H groups in total. The molecule has 2 fully saturated rings. The molecule has 0 aromatic heterocycles. The van der Waals surface area contributed by atoms with Crippen molar-refractivity contribution in [3.8, 4) is 0 Å². The molecule has 62 heavy (non-hydrogen) atoms. The molecule has 2 saturated heterocycles. The molecule has 3 aliphatic rings. The third-order valence-corrected chi connectivity index (χ3v) is 11.6. The van der Waals surface area contributed by atoms with Crippen LogP contribution in [-0.4, -0.2) is 159 Å². The van der Waals surface area contributed by atoms with Gasteiger partial charge >= 0.3 is 17.9 Å². The molecule has 0 radical (unpaired) electrons. The van der Waals surface area contributed by atoms with Gasteiger partial charge in [0.1, 0.15) is 42.4 Å². The number of carbonyl (C=O) groups is 4. The quantitative estimate of drug-likeness (QED) is 0.0966. The summed E-state index contributed by atoms with van der Waals surface area (Å²) < 4.78 is 61.2. The fourth-order valence-corrected chi connectivity index (χ4v) is 8.48. The highest BCUT2D eigenvalue weighted by Crippen LogP contribution is 2.38. The van der Waals surface area contributed by atoms with Crippen LogP contribution in [0.25, 0.3) is 0 Å². The van der Waals surface area contributed by atoms with Crippen molar-refractivity contribution in [2.75, 3.05) is 27.8 Å². The summed E-state index contributed by atoms with van der Waals surface area (Å²) >= 11 is 0. The van der Waals surface area contributed by atoms with Gasteiger partial charge in [-0.1, -0.05) is 45.1 Å². The molecule has 0 aromatic rings. The zero-order chi connectivity index (χ0) is 46.3. The number of aliphatic hydroxyl groups excluding tert-OH is 1. The number of aliphatic hydroxyl groups is 2. The minimum Gasteiger partial charge on any atom is -0.462 e. The van der Waals surface area contributed by atoms with E-state index in [-0.39, 0.29) is 38.0 Å². The molecule has 2 unspecified atom stereocenters. The van der Waals surface area contributed by atoms with Gasteiger partial charge in [-0.15, -0.1) is 0 Å². The number of ether oxygens (including phenoxy) is 10. The van der Waals surface area contributed by atoms with Crippen molar-refractivity contribution in [2.45, 2.75) is 199 Å². The number of likely N-dealkylation sites (N-methyl/N-ethyl adjacent to an activating group) is 1. The fourth-order valence-electron chi connectivity index (χ4n) is 8.48. The Hall–Kier alpha value is -2.84. The van der Waals surface area contributed by atoms with Crippen LogP contribution in [0.3, 0.4) is 0 Å². The van der Waals surface area contributed by atoms with Crippen LogP contribution >= 0.6 is 0 Å². The molecule has 0 aromatic carbocycles. The number of hydrogen-bond donors (Lipinski definition) is 2. The number of esters is 3. The largest absolute Gasteiger partial charge is 0.462 e. The van der Waals surface area contributed by atoms with E-state index in [1.54, 1.807) is 60.5 Å². The summed E-state index contributed by atoms with van der Waals surface area (Å²) in [6.45, 7) is 16.1. The maximum atomic E-state index is 13.5. The normalized spacial score (nSPS) is 39.3. The minimum absolute atomic E-state index is 0.00417. The van der Waals surface area contributed by atoms with Crippen LogP contribution < -0.4 is 0 Å². The van der Waals surface area contributed by atoms with Crippen LogP contribution in [0.4, 0.5) is 0 Å². The second-order valence-electron chi connectivity index (χ2n) is 17.1. The first kappa shape index (κ1) is 53.5. The summed E-state index contributed by atoms with van der Waals surface area (Å²) in [5.41, 5.74) is -1.49. The van der Waals surface area contributed by atoms with Gasteiger partial charge in [-0.2, -0.15) is 0 Å². The number of cyclic esters (lactones) is 1. The molecule has 17 nitrogen and oxygen atoms in total.